The average Bonchev–Trinajstić information content (AvgIpc) is 2.92. The van der Waals surface area contributed by atoms with Crippen LogP contribution in [0.3, 0.4) is 0 Å². The normalized spacial score (nSPS) is 32.6. The van der Waals surface area contributed by atoms with Crippen molar-refractivity contribution in [1.82, 2.24) is 4.90 Å². The van der Waals surface area contributed by atoms with Crippen molar-refractivity contribution < 1.29 is 14.3 Å². The van der Waals surface area contributed by atoms with Crippen molar-refractivity contribution in [1.29, 1.82) is 0 Å². The van der Waals surface area contributed by atoms with Crippen molar-refractivity contribution in [2.45, 2.75) is 57.8 Å². The highest BCUT2D eigenvalue weighted by molar-refractivity contribution is 5.91. The Labute approximate surface area is 186 Å². The third-order valence-corrected chi connectivity index (χ3v) is 8.27. The van der Waals surface area contributed by atoms with Crippen LogP contribution in [0.5, 0.6) is 5.75 Å². The summed E-state index contributed by atoms with van der Waals surface area (Å²) in [5.41, 5.74) is 1.17. The summed E-state index contributed by atoms with van der Waals surface area (Å²) < 4.78 is 11.3. The lowest BCUT2D eigenvalue weighted by Crippen LogP contribution is -2.37. The van der Waals surface area contributed by atoms with E-state index in [1.807, 2.05) is 24.3 Å². The van der Waals surface area contributed by atoms with E-state index in [1.54, 1.807) is 0 Å². The first kappa shape index (κ1) is 21.3. The Morgan fingerprint density at radius 1 is 1.10 bits per heavy atom. The van der Waals surface area contributed by atoms with Crippen molar-refractivity contribution in [3.63, 3.8) is 0 Å². The molecular formula is C26H38N2O3. The van der Waals surface area contributed by atoms with Gasteiger partial charge in [-0.25, -0.2) is 0 Å². The van der Waals surface area contributed by atoms with E-state index < -0.39 is 0 Å². The number of anilines is 1. The van der Waals surface area contributed by atoms with Crippen molar-refractivity contribution in [3.05, 3.63) is 24.3 Å². The van der Waals surface area contributed by atoms with Gasteiger partial charge in [0.1, 0.15) is 5.75 Å². The second kappa shape index (κ2) is 9.50. The van der Waals surface area contributed by atoms with Gasteiger partial charge in [-0.15, -0.1) is 0 Å². The summed E-state index contributed by atoms with van der Waals surface area (Å²) in [6.07, 6.45) is 11.2. The fraction of sp³-hybridized carbons (Fsp3) is 0.731. The zero-order valence-corrected chi connectivity index (χ0v) is 18.8. The maximum atomic E-state index is 12.9. The zero-order chi connectivity index (χ0) is 21.1. The molecule has 0 radical (unpaired) electrons. The van der Waals surface area contributed by atoms with Gasteiger partial charge in [0.05, 0.1) is 19.8 Å². The Hall–Kier alpha value is -1.59. The van der Waals surface area contributed by atoms with Crippen LogP contribution in [0, 0.1) is 23.2 Å². The average molecular weight is 427 g/mol. The maximum absolute atomic E-state index is 12.9. The predicted molar refractivity (Wildman–Crippen MR) is 122 cm³/mol. The van der Waals surface area contributed by atoms with Gasteiger partial charge in [-0.1, -0.05) is 19.3 Å². The largest absolute Gasteiger partial charge is 0.494 e. The molecule has 1 N–H and O–H groups in total. The number of amides is 1. The van der Waals surface area contributed by atoms with Gasteiger partial charge in [0.2, 0.25) is 5.91 Å². The monoisotopic (exact) mass is 426 g/mol. The number of ether oxygens (including phenoxy) is 2. The highest BCUT2D eigenvalue weighted by atomic mass is 16.5. The molecule has 0 spiro atoms. The molecule has 4 fully saturated rings. The number of fused-ring (bicyclic) bond motifs is 2. The first-order valence-corrected chi connectivity index (χ1v) is 12.5. The molecule has 1 aromatic rings. The van der Waals surface area contributed by atoms with Crippen LogP contribution in [0.1, 0.15) is 57.8 Å². The van der Waals surface area contributed by atoms with Crippen LogP contribution in [-0.2, 0) is 9.53 Å². The van der Waals surface area contributed by atoms with E-state index in [9.17, 15) is 4.79 Å². The summed E-state index contributed by atoms with van der Waals surface area (Å²) in [6, 6.07) is 7.89. The number of benzene rings is 1. The van der Waals surface area contributed by atoms with E-state index in [0.717, 1.165) is 75.1 Å². The van der Waals surface area contributed by atoms with Gasteiger partial charge >= 0.3 is 0 Å². The SMILES string of the molecule is O=C(CC12CC3CCCC(C1)C(C3)C2)Nc1ccc(OCCCN2CCOCC2)cc1. The molecule has 1 amide bonds. The lowest BCUT2D eigenvalue weighted by molar-refractivity contribution is -0.119. The Bertz CT molecular complexity index is 742. The van der Waals surface area contributed by atoms with E-state index in [2.05, 4.69) is 10.2 Å². The maximum Gasteiger partial charge on any atom is 0.224 e. The molecular weight excluding hydrogens is 388 g/mol. The molecule has 3 aliphatic carbocycles. The Balaban J connectivity index is 1.06. The number of hydrogen-bond donors (Lipinski definition) is 1. The molecule has 31 heavy (non-hydrogen) atoms. The van der Waals surface area contributed by atoms with Crippen LogP contribution < -0.4 is 10.1 Å². The number of rotatable bonds is 8. The molecule has 0 aromatic heterocycles. The number of nitrogens with one attached hydrogen (secondary N) is 1. The summed E-state index contributed by atoms with van der Waals surface area (Å²) >= 11 is 0. The molecule has 4 aliphatic rings. The molecule has 4 atom stereocenters. The highest BCUT2D eigenvalue weighted by Gasteiger charge is 2.51. The van der Waals surface area contributed by atoms with Gasteiger partial charge in [0, 0.05) is 31.7 Å². The fourth-order valence-corrected chi connectivity index (χ4v) is 7.02. The van der Waals surface area contributed by atoms with E-state index in [1.165, 1.54) is 44.9 Å². The van der Waals surface area contributed by atoms with E-state index in [4.69, 9.17) is 9.47 Å². The first-order valence-electron chi connectivity index (χ1n) is 12.5. The van der Waals surface area contributed by atoms with Crippen molar-refractivity contribution >= 4 is 11.6 Å². The quantitative estimate of drug-likeness (QED) is 0.611. The van der Waals surface area contributed by atoms with E-state index in [0.29, 0.717) is 6.42 Å². The number of hydrogen-bond acceptors (Lipinski definition) is 4. The summed E-state index contributed by atoms with van der Waals surface area (Å²) in [4.78, 5) is 15.3. The van der Waals surface area contributed by atoms with Crippen LogP contribution >= 0.6 is 0 Å². The summed E-state index contributed by atoms with van der Waals surface area (Å²) in [5, 5.41) is 3.16. The molecule has 1 aliphatic heterocycles. The predicted octanol–water partition coefficient (Wildman–Crippen LogP) is 4.72. The van der Waals surface area contributed by atoms with Crippen molar-refractivity contribution in [3.8, 4) is 5.75 Å². The van der Waals surface area contributed by atoms with Crippen molar-refractivity contribution in [2.75, 3.05) is 44.8 Å². The molecule has 3 saturated carbocycles. The Morgan fingerprint density at radius 3 is 2.74 bits per heavy atom. The molecule has 1 heterocycles. The molecule has 4 unspecified atom stereocenters. The minimum atomic E-state index is 0.194. The van der Waals surface area contributed by atoms with E-state index >= 15 is 0 Å². The minimum absolute atomic E-state index is 0.194. The molecule has 5 rings (SSSR count). The molecule has 5 heteroatoms. The van der Waals surface area contributed by atoms with Crippen LogP contribution in [0.2, 0.25) is 0 Å². The second-order valence-corrected chi connectivity index (χ2v) is 10.6. The second-order valence-electron chi connectivity index (χ2n) is 10.6. The van der Waals surface area contributed by atoms with Gasteiger partial charge in [-0.05, 0) is 79.5 Å². The minimum Gasteiger partial charge on any atom is -0.494 e. The fourth-order valence-electron chi connectivity index (χ4n) is 7.02. The van der Waals surface area contributed by atoms with Crippen LogP contribution in [0.4, 0.5) is 5.69 Å². The lowest BCUT2D eigenvalue weighted by Gasteiger charge is -2.37. The third-order valence-electron chi connectivity index (χ3n) is 8.27. The number of morpholine rings is 1. The topological polar surface area (TPSA) is 50.8 Å². The Morgan fingerprint density at radius 2 is 1.90 bits per heavy atom. The van der Waals surface area contributed by atoms with Gasteiger partial charge in [-0.2, -0.15) is 0 Å². The van der Waals surface area contributed by atoms with E-state index in [-0.39, 0.29) is 11.3 Å². The number of carbonyl (C=O) groups is 1. The molecule has 1 saturated heterocycles. The van der Waals surface area contributed by atoms with Gasteiger partial charge < -0.3 is 14.8 Å². The van der Waals surface area contributed by atoms with Gasteiger partial charge in [-0.3, -0.25) is 9.69 Å². The lowest BCUT2D eigenvalue weighted by atomic mass is 9.68. The molecule has 3 bridgehead atoms. The summed E-state index contributed by atoms with van der Waals surface area (Å²) in [7, 11) is 0. The third kappa shape index (κ3) is 5.25. The van der Waals surface area contributed by atoms with Crippen LogP contribution in [0.15, 0.2) is 24.3 Å². The number of nitrogens with zero attached hydrogens (tertiary/aromatic N) is 1. The van der Waals surface area contributed by atoms with Crippen molar-refractivity contribution in [2.24, 2.45) is 23.2 Å². The summed E-state index contributed by atoms with van der Waals surface area (Å²) in [5.74, 6) is 3.73. The van der Waals surface area contributed by atoms with Gasteiger partial charge in [0.25, 0.3) is 0 Å². The highest BCUT2D eigenvalue weighted by Crippen LogP contribution is 2.61. The van der Waals surface area contributed by atoms with Crippen LogP contribution in [-0.4, -0.2) is 50.3 Å². The zero-order valence-electron chi connectivity index (χ0n) is 18.8. The van der Waals surface area contributed by atoms with Gasteiger partial charge in [0.15, 0.2) is 0 Å². The van der Waals surface area contributed by atoms with Crippen LogP contribution in [0.25, 0.3) is 0 Å². The standard InChI is InChI=1S/C26H38N2O3/c29-25(19-26-16-20-3-1-4-21(17-26)22(15-20)18-26)27-23-5-7-24(8-6-23)31-12-2-9-28-10-13-30-14-11-28/h5-8,20-22H,1-4,9-19H2,(H,27,29). The number of carbonyl (C=O) groups excluding carboxylic acids is 1. The first-order chi connectivity index (χ1) is 15.2. The smallest absolute Gasteiger partial charge is 0.224 e. The summed E-state index contributed by atoms with van der Waals surface area (Å²) in [6.45, 7) is 5.51. The molecule has 1 aromatic carbocycles. The Kier molecular flexibility index (Phi) is 6.51. The molecule has 170 valence electrons. The molecule has 5 nitrogen and oxygen atoms in total.